The monoisotopic (exact) mass is 507 g/mol. The number of aromatic nitrogens is 1. The van der Waals surface area contributed by atoms with Crippen LogP contribution in [0.4, 0.5) is 22.0 Å². The van der Waals surface area contributed by atoms with E-state index in [0.29, 0.717) is 25.2 Å². The molecule has 0 amide bonds. The molecule has 5 rings (SSSR count). The fourth-order valence-corrected chi connectivity index (χ4v) is 5.13. The lowest BCUT2D eigenvalue weighted by Gasteiger charge is -2.17. The minimum Gasteiger partial charge on any atom is -0.508 e. The van der Waals surface area contributed by atoms with E-state index in [1.54, 1.807) is 12.3 Å². The fourth-order valence-electron chi connectivity index (χ4n) is 5.13. The number of benzene rings is 2. The molecule has 0 radical (unpaired) electrons. The molecule has 2 aliphatic rings. The molecule has 36 heavy (non-hydrogen) atoms. The molecule has 10 heteroatoms. The predicted molar refractivity (Wildman–Crippen MR) is 118 cm³/mol. The predicted octanol–water partition coefficient (Wildman–Crippen LogP) is 5.57. The normalized spacial score (nSPS) is 21.1. The van der Waals surface area contributed by atoms with Gasteiger partial charge in [0.05, 0.1) is 5.56 Å². The van der Waals surface area contributed by atoms with E-state index in [4.69, 9.17) is 9.47 Å². The van der Waals surface area contributed by atoms with Gasteiger partial charge in [-0.25, -0.2) is 13.8 Å². The van der Waals surface area contributed by atoms with Crippen LogP contribution in [-0.2, 0) is 23.9 Å². The average molecular weight is 507 g/mol. The maximum Gasteiger partial charge on any atom is 0.417 e. The maximum atomic E-state index is 14.6. The number of phenolic OH excluding ortho intramolecular Hbond substituents is 1. The van der Waals surface area contributed by atoms with Crippen molar-refractivity contribution in [1.29, 1.82) is 0 Å². The van der Waals surface area contributed by atoms with Gasteiger partial charge in [0.2, 0.25) is 5.88 Å². The highest BCUT2D eigenvalue weighted by atomic mass is 19.4. The van der Waals surface area contributed by atoms with Crippen LogP contribution in [0.3, 0.4) is 0 Å². The van der Waals surface area contributed by atoms with Gasteiger partial charge in [-0.1, -0.05) is 0 Å². The van der Waals surface area contributed by atoms with E-state index in [1.165, 1.54) is 0 Å². The highest BCUT2D eigenvalue weighted by molar-refractivity contribution is 5.70. The van der Waals surface area contributed by atoms with Gasteiger partial charge in [0.25, 0.3) is 0 Å². The molecule has 0 aliphatic heterocycles. The standard InChI is InChI=1S/C26H22F5NO4/c1-2-35-25(34)24-17-5-12-7-22(32-10-18(12)23(17)24)36-11-13-6-16(15-4-3-14(33)8-21(15)28)19(9-20(13)27)26(29,30)31/h3-4,6-10,17,23-25,33-34H,2,5,11H2,1H3/t17-,23-,24+,25?/m1/s1. The summed E-state index contributed by atoms with van der Waals surface area (Å²) in [5.74, 6) is -2.09. The van der Waals surface area contributed by atoms with Crippen LogP contribution in [0.5, 0.6) is 11.6 Å². The number of rotatable bonds is 7. The summed E-state index contributed by atoms with van der Waals surface area (Å²) >= 11 is 0. The first-order chi connectivity index (χ1) is 17.1. The summed E-state index contributed by atoms with van der Waals surface area (Å²) in [7, 11) is 0. The number of hydrogen-bond donors (Lipinski definition) is 2. The van der Waals surface area contributed by atoms with Crippen LogP contribution in [0.1, 0.15) is 35.1 Å². The molecule has 1 unspecified atom stereocenters. The number of hydrogen-bond acceptors (Lipinski definition) is 5. The molecule has 1 aromatic heterocycles. The number of fused-ring (bicyclic) bond motifs is 3. The first-order valence-corrected chi connectivity index (χ1v) is 11.4. The van der Waals surface area contributed by atoms with Crippen molar-refractivity contribution >= 4 is 0 Å². The highest BCUT2D eigenvalue weighted by Gasteiger charge is 2.59. The lowest BCUT2D eigenvalue weighted by Crippen LogP contribution is -2.17. The second-order valence-electron chi connectivity index (χ2n) is 8.98. The van der Waals surface area contributed by atoms with Crippen LogP contribution in [0.25, 0.3) is 11.1 Å². The lowest BCUT2D eigenvalue weighted by molar-refractivity contribution is -0.137. The van der Waals surface area contributed by atoms with Gasteiger partial charge in [-0.2, -0.15) is 13.2 Å². The number of phenols is 1. The Hall–Kier alpha value is -3.24. The number of ether oxygens (including phenoxy) is 2. The highest BCUT2D eigenvalue weighted by Crippen LogP contribution is 2.63. The van der Waals surface area contributed by atoms with Gasteiger partial charge in [0.1, 0.15) is 24.0 Å². The summed E-state index contributed by atoms with van der Waals surface area (Å²) in [5.41, 5.74) is -0.583. The maximum absolute atomic E-state index is 14.6. The summed E-state index contributed by atoms with van der Waals surface area (Å²) in [5, 5.41) is 19.5. The van der Waals surface area contributed by atoms with Crippen molar-refractivity contribution in [3.8, 4) is 22.8 Å². The second-order valence-corrected chi connectivity index (χ2v) is 8.98. The van der Waals surface area contributed by atoms with Crippen LogP contribution in [0.15, 0.2) is 42.6 Å². The average Bonchev–Trinajstić information content (AvgIpc) is 3.39. The van der Waals surface area contributed by atoms with Crippen molar-refractivity contribution in [1.82, 2.24) is 4.98 Å². The van der Waals surface area contributed by atoms with Crippen LogP contribution >= 0.6 is 0 Å². The van der Waals surface area contributed by atoms with E-state index >= 15 is 0 Å². The molecule has 1 saturated carbocycles. The minimum absolute atomic E-state index is 0.0194. The third-order valence-corrected chi connectivity index (χ3v) is 6.82. The summed E-state index contributed by atoms with van der Waals surface area (Å²) < 4.78 is 80.7. The molecule has 1 fully saturated rings. The third kappa shape index (κ3) is 4.39. The van der Waals surface area contributed by atoms with Crippen molar-refractivity contribution < 1.29 is 41.6 Å². The molecule has 2 aromatic carbocycles. The number of pyridine rings is 1. The number of halogens is 5. The van der Waals surface area contributed by atoms with Crippen molar-refractivity contribution in [3.05, 3.63) is 76.5 Å². The van der Waals surface area contributed by atoms with E-state index in [-0.39, 0.29) is 29.2 Å². The first-order valence-electron chi connectivity index (χ1n) is 11.4. The van der Waals surface area contributed by atoms with Crippen LogP contribution in [-0.4, -0.2) is 28.1 Å². The molecule has 0 spiro atoms. The smallest absolute Gasteiger partial charge is 0.417 e. The van der Waals surface area contributed by atoms with E-state index in [2.05, 4.69) is 4.98 Å². The Bertz CT molecular complexity index is 1310. The quantitative estimate of drug-likeness (QED) is 0.323. The zero-order chi connectivity index (χ0) is 25.8. The molecular weight excluding hydrogens is 485 g/mol. The lowest BCUT2D eigenvalue weighted by atomic mass is 9.96. The molecule has 2 N–H and O–H groups in total. The molecule has 5 nitrogen and oxygen atoms in total. The Labute approximate surface area is 203 Å². The van der Waals surface area contributed by atoms with Gasteiger partial charge < -0.3 is 19.7 Å². The summed E-state index contributed by atoms with van der Waals surface area (Å²) in [6.07, 6.45) is -3.43. The van der Waals surface area contributed by atoms with Crippen LogP contribution in [0, 0.1) is 23.5 Å². The molecule has 1 heterocycles. The third-order valence-electron chi connectivity index (χ3n) is 6.82. The number of nitrogens with zero attached hydrogens (tertiary/aromatic N) is 1. The second kappa shape index (κ2) is 9.01. The van der Waals surface area contributed by atoms with E-state index in [0.717, 1.165) is 29.3 Å². The van der Waals surface area contributed by atoms with Crippen molar-refractivity contribution in [2.75, 3.05) is 6.61 Å². The Morgan fingerprint density at radius 3 is 2.56 bits per heavy atom. The zero-order valence-electron chi connectivity index (χ0n) is 19.0. The van der Waals surface area contributed by atoms with Crippen LogP contribution in [0.2, 0.25) is 0 Å². The Morgan fingerprint density at radius 2 is 1.86 bits per heavy atom. The molecule has 0 saturated heterocycles. The topological polar surface area (TPSA) is 71.8 Å². The molecule has 2 aliphatic carbocycles. The Morgan fingerprint density at radius 1 is 1.08 bits per heavy atom. The fraction of sp³-hybridized carbons (Fsp3) is 0.346. The summed E-state index contributed by atoms with van der Waals surface area (Å²) in [6.45, 7) is 1.79. The molecule has 3 aromatic rings. The zero-order valence-corrected chi connectivity index (χ0v) is 19.0. The largest absolute Gasteiger partial charge is 0.508 e. The summed E-state index contributed by atoms with van der Waals surface area (Å²) in [6, 6.07) is 5.65. The van der Waals surface area contributed by atoms with Crippen LogP contribution < -0.4 is 4.74 Å². The molecular formula is C26H22F5NO4. The number of aliphatic hydroxyl groups is 1. The number of aliphatic hydroxyl groups excluding tert-OH is 1. The molecule has 4 atom stereocenters. The number of alkyl halides is 3. The SMILES string of the molecule is CCOC(O)[C@H]1[C@@H]2Cc3cc(OCc4cc(-c5ccc(O)cc5F)c(C(F)(F)F)cc4F)ncc3[C@@H]21. The Kier molecular flexibility index (Phi) is 6.12. The summed E-state index contributed by atoms with van der Waals surface area (Å²) in [4.78, 5) is 4.24. The van der Waals surface area contributed by atoms with Gasteiger partial charge in [-0.05, 0) is 66.1 Å². The van der Waals surface area contributed by atoms with Crippen molar-refractivity contribution in [2.45, 2.75) is 38.3 Å². The van der Waals surface area contributed by atoms with E-state index in [1.807, 2.05) is 6.92 Å². The molecule has 190 valence electrons. The number of aromatic hydroxyl groups is 1. The van der Waals surface area contributed by atoms with Gasteiger partial charge in [-0.3, -0.25) is 0 Å². The van der Waals surface area contributed by atoms with Crippen molar-refractivity contribution in [2.24, 2.45) is 11.8 Å². The van der Waals surface area contributed by atoms with E-state index < -0.39 is 53.1 Å². The first kappa shape index (κ1) is 24.5. The van der Waals surface area contributed by atoms with E-state index in [9.17, 15) is 32.2 Å². The minimum atomic E-state index is -4.93. The van der Waals surface area contributed by atoms with Gasteiger partial charge in [0.15, 0.2) is 6.29 Å². The van der Waals surface area contributed by atoms with Crippen molar-refractivity contribution in [3.63, 3.8) is 0 Å². The van der Waals surface area contributed by atoms with Gasteiger partial charge >= 0.3 is 6.18 Å². The van der Waals surface area contributed by atoms with Gasteiger partial charge in [0, 0.05) is 42.0 Å². The Balaban J connectivity index is 1.37. The van der Waals surface area contributed by atoms with Gasteiger partial charge in [-0.15, -0.1) is 0 Å². The molecule has 0 bridgehead atoms.